The molecular formula is C21H25FN2O5S. The summed E-state index contributed by atoms with van der Waals surface area (Å²) >= 11 is 0. The molecule has 0 aliphatic carbocycles. The Hall–Kier alpha value is -2.41. The molecular weight excluding hydrogens is 411 g/mol. The van der Waals surface area contributed by atoms with Crippen molar-refractivity contribution >= 4 is 26.6 Å². The van der Waals surface area contributed by atoms with E-state index in [2.05, 4.69) is 11.4 Å². The highest BCUT2D eigenvalue weighted by molar-refractivity contribution is 7.92. The molecule has 9 heteroatoms. The number of carbonyl (C=O) groups excluding carboxylic acids is 1. The van der Waals surface area contributed by atoms with Crippen LogP contribution in [0.1, 0.15) is 38.2 Å². The van der Waals surface area contributed by atoms with Crippen molar-refractivity contribution in [1.29, 1.82) is 0 Å². The maximum absolute atomic E-state index is 14.4. The van der Waals surface area contributed by atoms with E-state index in [9.17, 15) is 17.6 Å². The van der Waals surface area contributed by atoms with Crippen LogP contribution in [0.3, 0.4) is 0 Å². The number of hydrogen-bond acceptors (Lipinski definition) is 5. The van der Waals surface area contributed by atoms with Gasteiger partial charge in [0.25, 0.3) is 5.91 Å². The zero-order chi connectivity index (χ0) is 21.9. The molecule has 30 heavy (non-hydrogen) atoms. The number of hydroxylamine groups is 1. The number of fused-ring (bicyclic) bond motifs is 1. The van der Waals surface area contributed by atoms with E-state index in [-0.39, 0.29) is 18.5 Å². The smallest absolute Gasteiger partial charge is 0.264 e. The van der Waals surface area contributed by atoms with Gasteiger partial charge in [-0.2, -0.15) is 0 Å². The van der Waals surface area contributed by atoms with Gasteiger partial charge in [-0.05, 0) is 44.4 Å². The molecule has 2 aromatic rings. The minimum atomic E-state index is -3.79. The second kappa shape index (κ2) is 8.76. The van der Waals surface area contributed by atoms with Gasteiger partial charge in [0.1, 0.15) is 5.82 Å². The maximum atomic E-state index is 14.4. The first-order valence-corrected chi connectivity index (χ1v) is 11.6. The summed E-state index contributed by atoms with van der Waals surface area (Å²) in [5.41, 5.74) is 2.98. The molecule has 1 fully saturated rings. The predicted octanol–water partition coefficient (Wildman–Crippen LogP) is 2.53. The number of terminal acetylenes is 1. The molecule has 0 saturated carbocycles. The molecule has 0 bridgehead atoms. The highest BCUT2D eigenvalue weighted by Crippen LogP contribution is 2.26. The van der Waals surface area contributed by atoms with Gasteiger partial charge in [-0.15, -0.1) is 6.42 Å². The summed E-state index contributed by atoms with van der Waals surface area (Å²) < 4.78 is 44.7. The van der Waals surface area contributed by atoms with Crippen LogP contribution in [0, 0.1) is 18.2 Å². The number of nitrogens with zero attached hydrogens (tertiary/aromatic N) is 1. The number of carbonyl (C=O) groups is 1. The number of ether oxygens (including phenoxy) is 1. The zero-order valence-electron chi connectivity index (χ0n) is 17.0. The third kappa shape index (κ3) is 4.36. The van der Waals surface area contributed by atoms with Gasteiger partial charge in [-0.25, -0.2) is 23.1 Å². The summed E-state index contributed by atoms with van der Waals surface area (Å²) in [5.74, 6) is 1.02. The number of aromatic nitrogens is 1. The Morgan fingerprint density at radius 2 is 2.20 bits per heavy atom. The Bertz CT molecular complexity index is 1080. The van der Waals surface area contributed by atoms with Crippen LogP contribution in [0.15, 0.2) is 24.4 Å². The molecule has 162 valence electrons. The number of aryl methyl sites for hydroxylation is 1. The second-order valence-electron chi connectivity index (χ2n) is 7.61. The van der Waals surface area contributed by atoms with Crippen molar-refractivity contribution in [2.75, 3.05) is 12.9 Å². The number of sulfone groups is 1. The van der Waals surface area contributed by atoms with Gasteiger partial charge in [0, 0.05) is 37.4 Å². The minimum Gasteiger partial charge on any atom is -0.350 e. The van der Waals surface area contributed by atoms with E-state index in [4.69, 9.17) is 16.0 Å². The Morgan fingerprint density at radius 1 is 1.43 bits per heavy atom. The van der Waals surface area contributed by atoms with Gasteiger partial charge in [-0.1, -0.05) is 5.92 Å². The van der Waals surface area contributed by atoms with Crippen LogP contribution >= 0.6 is 0 Å². The number of hydrogen-bond donors (Lipinski definition) is 1. The van der Waals surface area contributed by atoms with Crippen molar-refractivity contribution in [3.8, 4) is 12.3 Å². The number of nitrogens with one attached hydrogen (secondary N) is 1. The van der Waals surface area contributed by atoms with Gasteiger partial charge in [0.05, 0.1) is 11.1 Å². The minimum absolute atomic E-state index is 0.0329. The highest BCUT2D eigenvalue weighted by Gasteiger charge is 2.44. The number of halogens is 1. The van der Waals surface area contributed by atoms with E-state index < -0.39 is 32.6 Å². The van der Waals surface area contributed by atoms with Gasteiger partial charge in [0.15, 0.2) is 20.9 Å². The van der Waals surface area contributed by atoms with E-state index in [1.807, 2.05) is 0 Å². The van der Waals surface area contributed by atoms with Crippen LogP contribution in [0.2, 0.25) is 0 Å². The summed E-state index contributed by atoms with van der Waals surface area (Å²) in [6.45, 7) is 2.06. The molecule has 3 rings (SSSR count). The first-order chi connectivity index (χ1) is 14.2. The topological polar surface area (TPSA) is 86.6 Å². The number of benzene rings is 1. The first-order valence-electron chi connectivity index (χ1n) is 9.68. The standard InChI is InChI=1S/C21H25FN2O5S/c1-4-15-8-9-17-16(19(15)22)10-12-24(17)13-11-21(2,30(3,26)27)20(25)23-29-18-7-5-6-14-28-18/h1,8-10,12,18H,5-7,11,13-14H2,2-3H3,(H,23,25). The first kappa shape index (κ1) is 22.3. The van der Waals surface area contributed by atoms with E-state index in [1.165, 1.54) is 13.0 Å². The fourth-order valence-electron chi connectivity index (χ4n) is 3.38. The Balaban J connectivity index is 1.76. The van der Waals surface area contributed by atoms with Crippen molar-refractivity contribution in [3.05, 3.63) is 35.8 Å². The second-order valence-corrected chi connectivity index (χ2v) is 10.1. The lowest BCUT2D eigenvalue weighted by molar-refractivity contribution is -0.201. The molecule has 1 N–H and O–H groups in total. The lowest BCUT2D eigenvalue weighted by Crippen LogP contribution is -2.51. The van der Waals surface area contributed by atoms with Crippen molar-refractivity contribution in [1.82, 2.24) is 10.0 Å². The quantitative estimate of drug-likeness (QED) is 0.533. The molecule has 1 aliphatic rings. The molecule has 1 amide bonds. The van der Waals surface area contributed by atoms with E-state index in [1.54, 1.807) is 22.9 Å². The predicted molar refractivity (Wildman–Crippen MR) is 111 cm³/mol. The fourth-order valence-corrected chi connectivity index (χ4v) is 4.22. The normalized spacial score (nSPS) is 19.2. The summed E-state index contributed by atoms with van der Waals surface area (Å²) in [5, 5.41) is 0.341. The average molecular weight is 437 g/mol. The zero-order valence-corrected chi connectivity index (χ0v) is 17.8. The monoisotopic (exact) mass is 436 g/mol. The van der Waals surface area contributed by atoms with Crippen LogP contribution in [0.4, 0.5) is 4.39 Å². The van der Waals surface area contributed by atoms with Crippen LogP contribution in [0.25, 0.3) is 10.9 Å². The largest absolute Gasteiger partial charge is 0.350 e. The van der Waals surface area contributed by atoms with Crippen LogP contribution in [-0.2, 0) is 30.8 Å². The molecule has 1 saturated heterocycles. The molecule has 0 radical (unpaired) electrons. The summed E-state index contributed by atoms with van der Waals surface area (Å²) in [6, 6.07) is 4.75. The summed E-state index contributed by atoms with van der Waals surface area (Å²) in [4.78, 5) is 18.0. The van der Waals surface area contributed by atoms with Gasteiger partial charge in [0.2, 0.25) is 0 Å². The van der Waals surface area contributed by atoms with Gasteiger partial charge in [-0.3, -0.25) is 4.79 Å². The number of amides is 1. The Labute approximate surface area is 175 Å². The molecule has 0 spiro atoms. The average Bonchev–Trinajstić information content (AvgIpc) is 3.14. The summed E-state index contributed by atoms with van der Waals surface area (Å²) in [7, 11) is -3.79. The lowest BCUT2D eigenvalue weighted by atomic mass is 10.1. The molecule has 1 aromatic carbocycles. The third-order valence-electron chi connectivity index (χ3n) is 5.59. The third-order valence-corrected chi connectivity index (χ3v) is 7.62. The molecule has 2 atom stereocenters. The van der Waals surface area contributed by atoms with Crippen molar-refractivity contribution in [2.45, 2.75) is 50.2 Å². The van der Waals surface area contributed by atoms with E-state index in [0.29, 0.717) is 23.9 Å². The SMILES string of the molecule is C#Cc1ccc2c(ccn2CCC(C)(C(=O)NOC2CCCCO2)S(C)(=O)=O)c1F. The molecule has 7 nitrogen and oxygen atoms in total. The van der Waals surface area contributed by atoms with Gasteiger partial charge < -0.3 is 9.30 Å². The molecule has 2 unspecified atom stereocenters. The Kier molecular flexibility index (Phi) is 6.50. The van der Waals surface area contributed by atoms with E-state index in [0.717, 1.165) is 19.1 Å². The van der Waals surface area contributed by atoms with Crippen molar-refractivity contribution in [2.24, 2.45) is 0 Å². The van der Waals surface area contributed by atoms with E-state index >= 15 is 0 Å². The fraction of sp³-hybridized carbons (Fsp3) is 0.476. The number of rotatable bonds is 7. The van der Waals surface area contributed by atoms with Crippen molar-refractivity contribution in [3.63, 3.8) is 0 Å². The molecule has 1 aromatic heterocycles. The summed E-state index contributed by atoms with van der Waals surface area (Å²) in [6.07, 6.45) is 9.77. The highest BCUT2D eigenvalue weighted by atomic mass is 32.2. The lowest BCUT2D eigenvalue weighted by Gasteiger charge is -2.28. The van der Waals surface area contributed by atoms with Gasteiger partial charge >= 0.3 is 0 Å². The molecule has 2 heterocycles. The van der Waals surface area contributed by atoms with Crippen molar-refractivity contribution < 1.29 is 27.2 Å². The maximum Gasteiger partial charge on any atom is 0.264 e. The van der Waals surface area contributed by atoms with Crippen LogP contribution in [0.5, 0.6) is 0 Å². The van der Waals surface area contributed by atoms with Crippen LogP contribution < -0.4 is 5.48 Å². The Morgan fingerprint density at radius 3 is 2.83 bits per heavy atom. The van der Waals surface area contributed by atoms with Crippen LogP contribution in [-0.4, -0.2) is 42.8 Å². The molecule has 1 aliphatic heterocycles.